The molecule has 0 amide bonds. The summed E-state index contributed by atoms with van der Waals surface area (Å²) in [5.74, 6) is -0.0291. The number of aromatic nitrogens is 1. The quantitative estimate of drug-likeness (QED) is 0.776. The van der Waals surface area contributed by atoms with Crippen LogP contribution in [0.3, 0.4) is 0 Å². The monoisotopic (exact) mass is 261 g/mol. The van der Waals surface area contributed by atoms with Gasteiger partial charge in [-0.25, -0.2) is 0 Å². The van der Waals surface area contributed by atoms with Crippen LogP contribution < -0.4 is 4.87 Å². The van der Waals surface area contributed by atoms with E-state index in [1.54, 1.807) is 11.6 Å². The Morgan fingerprint density at radius 1 is 1.28 bits per heavy atom. The van der Waals surface area contributed by atoms with Gasteiger partial charge in [0.05, 0.1) is 6.54 Å². The largest absolute Gasteiger partial charge is 0.307 e. The number of ketones is 1. The molecule has 0 aliphatic heterocycles. The van der Waals surface area contributed by atoms with Crippen LogP contribution >= 0.6 is 11.3 Å². The summed E-state index contributed by atoms with van der Waals surface area (Å²) in [5, 5.41) is 1.69. The molecule has 3 nitrogen and oxygen atoms in total. The molecule has 0 spiro atoms. The molecule has 0 fully saturated rings. The van der Waals surface area contributed by atoms with Crippen LogP contribution in [0.5, 0.6) is 0 Å². The third kappa shape index (κ3) is 2.96. The zero-order valence-electron chi connectivity index (χ0n) is 10.3. The van der Waals surface area contributed by atoms with Crippen LogP contribution in [0.1, 0.15) is 29.3 Å². The van der Waals surface area contributed by atoms with Crippen molar-refractivity contribution in [1.29, 1.82) is 0 Å². The molecule has 1 aromatic carbocycles. The highest BCUT2D eigenvalue weighted by molar-refractivity contribution is 7.07. The fraction of sp³-hybridized carbons (Fsp3) is 0.286. The van der Waals surface area contributed by atoms with E-state index in [1.165, 1.54) is 10.1 Å². The molecular formula is C14H15NO2S. The Kier molecular flexibility index (Phi) is 4.10. The van der Waals surface area contributed by atoms with Crippen molar-refractivity contribution < 1.29 is 4.79 Å². The van der Waals surface area contributed by atoms with Crippen molar-refractivity contribution in [1.82, 2.24) is 4.57 Å². The standard InChI is InChI=1S/C14H15NO2S/c1-2-3-11-4-6-12(7-5-11)13(16)10-15-8-9-18-14(15)17/h4-9H,2-3,10H2,1H3. The first kappa shape index (κ1) is 12.8. The molecule has 0 saturated heterocycles. The molecule has 0 aliphatic carbocycles. The Hall–Kier alpha value is -1.68. The lowest BCUT2D eigenvalue weighted by atomic mass is 10.1. The summed E-state index contributed by atoms with van der Waals surface area (Å²) in [6, 6.07) is 7.63. The third-order valence-corrected chi connectivity index (χ3v) is 3.47. The van der Waals surface area contributed by atoms with E-state index in [9.17, 15) is 9.59 Å². The lowest BCUT2D eigenvalue weighted by Gasteiger charge is -2.03. The number of benzene rings is 1. The zero-order valence-corrected chi connectivity index (χ0v) is 11.1. The number of Topliss-reactive ketones (excluding diaryl/α,β-unsaturated/α-hetero) is 1. The van der Waals surface area contributed by atoms with Crippen molar-refractivity contribution >= 4 is 17.1 Å². The van der Waals surface area contributed by atoms with Crippen LogP contribution in [0.2, 0.25) is 0 Å². The summed E-state index contributed by atoms with van der Waals surface area (Å²) < 4.78 is 1.44. The van der Waals surface area contributed by atoms with Gasteiger partial charge in [0.25, 0.3) is 0 Å². The molecule has 2 rings (SSSR count). The van der Waals surface area contributed by atoms with Gasteiger partial charge in [0.2, 0.25) is 0 Å². The van der Waals surface area contributed by atoms with E-state index in [4.69, 9.17) is 0 Å². The van der Waals surface area contributed by atoms with Crippen molar-refractivity contribution in [3.05, 3.63) is 56.6 Å². The van der Waals surface area contributed by atoms with E-state index >= 15 is 0 Å². The maximum atomic E-state index is 12.0. The van der Waals surface area contributed by atoms with Gasteiger partial charge < -0.3 is 0 Å². The van der Waals surface area contributed by atoms with Crippen molar-refractivity contribution in [3.63, 3.8) is 0 Å². The molecule has 0 atom stereocenters. The van der Waals surface area contributed by atoms with E-state index in [0.717, 1.165) is 24.2 Å². The van der Waals surface area contributed by atoms with E-state index in [-0.39, 0.29) is 17.2 Å². The summed E-state index contributed by atoms with van der Waals surface area (Å²) in [5.41, 5.74) is 1.90. The Bertz CT molecular complexity index is 580. The van der Waals surface area contributed by atoms with E-state index < -0.39 is 0 Å². The van der Waals surface area contributed by atoms with Crippen molar-refractivity contribution in [2.75, 3.05) is 0 Å². The summed E-state index contributed by atoms with van der Waals surface area (Å²) in [6.07, 6.45) is 3.77. The second-order valence-corrected chi connectivity index (χ2v) is 5.02. The number of aryl methyl sites for hydroxylation is 1. The van der Waals surface area contributed by atoms with Crippen LogP contribution in [-0.4, -0.2) is 10.4 Å². The SMILES string of the molecule is CCCc1ccc(C(=O)Cn2ccsc2=O)cc1. The number of hydrogen-bond donors (Lipinski definition) is 0. The average Bonchev–Trinajstić information content (AvgIpc) is 2.76. The minimum absolute atomic E-state index is 0.0291. The highest BCUT2D eigenvalue weighted by Crippen LogP contribution is 2.08. The minimum atomic E-state index is -0.0917. The van der Waals surface area contributed by atoms with Crippen LogP contribution in [0.25, 0.3) is 0 Å². The molecule has 18 heavy (non-hydrogen) atoms. The fourth-order valence-electron chi connectivity index (χ4n) is 1.80. The van der Waals surface area contributed by atoms with Crippen LogP contribution in [0, 0.1) is 0 Å². The average molecular weight is 261 g/mol. The van der Waals surface area contributed by atoms with Gasteiger partial charge in [0.1, 0.15) is 0 Å². The smallest absolute Gasteiger partial charge is 0.298 e. The maximum absolute atomic E-state index is 12.0. The third-order valence-electron chi connectivity index (χ3n) is 2.77. The maximum Gasteiger partial charge on any atom is 0.307 e. The Morgan fingerprint density at radius 2 is 2.00 bits per heavy atom. The molecule has 0 aliphatic rings. The molecule has 0 saturated carbocycles. The Labute approximate surface area is 110 Å². The second-order valence-electron chi connectivity index (χ2n) is 4.17. The molecule has 4 heteroatoms. The molecular weight excluding hydrogens is 246 g/mol. The number of thiazole rings is 1. The van der Waals surface area contributed by atoms with Crippen molar-refractivity contribution in [2.45, 2.75) is 26.3 Å². The summed E-state index contributed by atoms with van der Waals surface area (Å²) in [4.78, 5) is 23.2. The highest BCUT2D eigenvalue weighted by atomic mass is 32.1. The lowest BCUT2D eigenvalue weighted by Crippen LogP contribution is -2.18. The topological polar surface area (TPSA) is 39.1 Å². The van der Waals surface area contributed by atoms with Gasteiger partial charge in [-0.15, -0.1) is 0 Å². The van der Waals surface area contributed by atoms with Crippen molar-refractivity contribution in [3.8, 4) is 0 Å². The van der Waals surface area contributed by atoms with E-state index in [0.29, 0.717) is 5.56 Å². The van der Waals surface area contributed by atoms with Crippen LogP contribution in [-0.2, 0) is 13.0 Å². The predicted molar refractivity (Wildman–Crippen MR) is 73.3 cm³/mol. The van der Waals surface area contributed by atoms with Gasteiger partial charge in [-0.2, -0.15) is 0 Å². The Morgan fingerprint density at radius 3 is 2.56 bits per heavy atom. The molecule has 0 bridgehead atoms. The molecule has 0 radical (unpaired) electrons. The molecule has 0 N–H and O–H groups in total. The van der Waals surface area contributed by atoms with Crippen LogP contribution in [0.15, 0.2) is 40.6 Å². The number of nitrogens with zero attached hydrogens (tertiary/aromatic N) is 1. The van der Waals surface area contributed by atoms with Gasteiger partial charge in [-0.3, -0.25) is 14.2 Å². The second kappa shape index (κ2) is 5.78. The zero-order chi connectivity index (χ0) is 13.0. The summed E-state index contributed by atoms with van der Waals surface area (Å²) in [6.45, 7) is 2.25. The minimum Gasteiger partial charge on any atom is -0.298 e. The molecule has 94 valence electrons. The predicted octanol–water partition coefficient (Wildman–Crippen LogP) is 2.75. The van der Waals surface area contributed by atoms with Crippen LogP contribution in [0.4, 0.5) is 0 Å². The molecule has 2 aromatic rings. The van der Waals surface area contributed by atoms with Gasteiger partial charge in [0.15, 0.2) is 5.78 Å². The molecule has 1 heterocycles. The molecule has 0 unspecified atom stereocenters. The normalized spacial score (nSPS) is 10.5. The lowest BCUT2D eigenvalue weighted by molar-refractivity contribution is 0.0971. The fourth-order valence-corrected chi connectivity index (χ4v) is 2.38. The number of carbonyl (C=O) groups excluding carboxylic acids is 1. The first-order valence-electron chi connectivity index (χ1n) is 5.97. The summed E-state index contributed by atoms with van der Waals surface area (Å²) >= 11 is 1.11. The first-order chi connectivity index (χ1) is 8.70. The Balaban J connectivity index is 2.09. The van der Waals surface area contributed by atoms with Gasteiger partial charge in [0, 0.05) is 17.1 Å². The highest BCUT2D eigenvalue weighted by Gasteiger charge is 2.08. The van der Waals surface area contributed by atoms with E-state index in [1.807, 2.05) is 24.3 Å². The van der Waals surface area contributed by atoms with Gasteiger partial charge in [-0.05, 0) is 12.0 Å². The number of rotatable bonds is 5. The van der Waals surface area contributed by atoms with E-state index in [2.05, 4.69) is 6.92 Å². The van der Waals surface area contributed by atoms with Gasteiger partial charge >= 0.3 is 4.87 Å². The molecule has 1 aromatic heterocycles. The number of hydrogen-bond acceptors (Lipinski definition) is 3. The van der Waals surface area contributed by atoms with Gasteiger partial charge in [-0.1, -0.05) is 48.9 Å². The first-order valence-corrected chi connectivity index (χ1v) is 6.84. The summed E-state index contributed by atoms with van der Waals surface area (Å²) in [7, 11) is 0. The number of carbonyl (C=O) groups is 1. The van der Waals surface area contributed by atoms with Crippen molar-refractivity contribution in [2.24, 2.45) is 0 Å².